The Morgan fingerprint density at radius 1 is 1.20 bits per heavy atom. The number of amides is 1. The van der Waals surface area contributed by atoms with Crippen LogP contribution in [0.25, 0.3) is 0 Å². The van der Waals surface area contributed by atoms with Crippen LogP contribution in [0.2, 0.25) is 0 Å². The number of hydrogen-bond donors (Lipinski definition) is 2. The van der Waals surface area contributed by atoms with E-state index in [0.29, 0.717) is 5.75 Å². The molecule has 0 aromatic heterocycles. The number of aryl methyl sites for hydroxylation is 1. The molecule has 0 aliphatic rings. The average molecular weight is 279 g/mol. The molecule has 0 aliphatic heterocycles. The maximum absolute atomic E-state index is 11.7. The van der Waals surface area contributed by atoms with Gasteiger partial charge in [0.05, 0.1) is 6.10 Å². The van der Waals surface area contributed by atoms with Crippen molar-refractivity contribution in [2.75, 3.05) is 0 Å². The Labute approximate surface area is 121 Å². The number of benzene rings is 1. The minimum Gasteiger partial charge on any atom is -0.481 e. The predicted molar refractivity (Wildman–Crippen MR) is 79.8 cm³/mol. The van der Waals surface area contributed by atoms with Gasteiger partial charge in [-0.3, -0.25) is 4.79 Å². The molecule has 0 aliphatic carbocycles. The van der Waals surface area contributed by atoms with E-state index in [1.165, 1.54) is 0 Å². The highest BCUT2D eigenvalue weighted by atomic mass is 16.5. The number of ether oxygens (including phenoxy) is 1. The summed E-state index contributed by atoms with van der Waals surface area (Å²) in [5.74, 6) is 0.565. The van der Waals surface area contributed by atoms with E-state index in [2.05, 4.69) is 5.32 Å². The molecule has 4 heteroatoms. The lowest BCUT2D eigenvalue weighted by Crippen LogP contribution is -2.40. The summed E-state index contributed by atoms with van der Waals surface area (Å²) in [5, 5.41) is 12.1. The molecular weight excluding hydrogens is 254 g/mol. The van der Waals surface area contributed by atoms with Gasteiger partial charge in [-0.1, -0.05) is 12.1 Å². The third-order valence-corrected chi connectivity index (χ3v) is 2.89. The summed E-state index contributed by atoms with van der Waals surface area (Å²) in [6, 6.07) is 7.75. The molecular formula is C16H25NO3. The molecule has 1 aromatic rings. The van der Waals surface area contributed by atoms with Crippen molar-refractivity contribution < 1.29 is 14.6 Å². The van der Waals surface area contributed by atoms with E-state index in [1.54, 1.807) is 13.8 Å². The van der Waals surface area contributed by atoms with Gasteiger partial charge >= 0.3 is 0 Å². The fourth-order valence-corrected chi connectivity index (χ4v) is 1.77. The van der Waals surface area contributed by atoms with Crippen molar-refractivity contribution >= 4 is 5.91 Å². The Hall–Kier alpha value is -1.55. The van der Waals surface area contributed by atoms with Crippen molar-refractivity contribution in [1.29, 1.82) is 0 Å². The zero-order valence-corrected chi connectivity index (χ0v) is 12.7. The Balaban J connectivity index is 2.50. The number of hydrogen-bond acceptors (Lipinski definition) is 3. The summed E-state index contributed by atoms with van der Waals surface area (Å²) in [6.45, 7) is 7.36. The minimum absolute atomic E-state index is 0.108. The molecule has 20 heavy (non-hydrogen) atoms. The van der Waals surface area contributed by atoms with Gasteiger partial charge in [0.25, 0.3) is 5.91 Å². The maximum Gasteiger partial charge on any atom is 0.260 e. The topological polar surface area (TPSA) is 58.6 Å². The number of aliphatic hydroxyl groups excluding tert-OH is 1. The fourth-order valence-electron chi connectivity index (χ4n) is 1.77. The van der Waals surface area contributed by atoms with Crippen LogP contribution in [0.1, 0.15) is 39.7 Å². The quantitative estimate of drug-likeness (QED) is 0.805. The summed E-state index contributed by atoms with van der Waals surface area (Å²) >= 11 is 0. The van der Waals surface area contributed by atoms with Gasteiger partial charge in [-0.25, -0.2) is 0 Å². The molecule has 112 valence electrons. The summed E-state index contributed by atoms with van der Waals surface area (Å²) in [7, 11) is 0. The van der Waals surface area contributed by atoms with E-state index in [-0.39, 0.29) is 18.1 Å². The molecule has 2 N–H and O–H groups in total. The maximum atomic E-state index is 11.7. The second-order valence-corrected chi connectivity index (χ2v) is 5.46. The monoisotopic (exact) mass is 279 g/mol. The number of carbonyl (C=O) groups is 1. The zero-order valence-electron chi connectivity index (χ0n) is 12.7. The lowest BCUT2D eigenvalue weighted by Gasteiger charge is -2.16. The number of nitrogens with one attached hydrogen (secondary N) is 1. The first-order valence-electron chi connectivity index (χ1n) is 7.12. The van der Waals surface area contributed by atoms with Crippen molar-refractivity contribution in [1.82, 2.24) is 5.32 Å². The van der Waals surface area contributed by atoms with Crippen molar-refractivity contribution in [3.8, 4) is 5.75 Å². The van der Waals surface area contributed by atoms with E-state index in [9.17, 15) is 9.90 Å². The lowest BCUT2D eigenvalue weighted by molar-refractivity contribution is -0.127. The molecule has 1 rings (SSSR count). The van der Waals surface area contributed by atoms with Gasteiger partial charge in [-0.2, -0.15) is 0 Å². The normalized spacial score (nSPS) is 13.9. The van der Waals surface area contributed by atoms with E-state index in [1.807, 2.05) is 38.1 Å². The van der Waals surface area contributed by atoms with Crippen LogP contribution in [0.5, 0.6) is 5.75 Å². The van der Waals surface area contributed by atoms with Crippen molar-refractivity contribution in [3.05, 3.63) is 29.8 Å². The number of aliphatic hydroxyl groups is 1. The van der Waals surface area contributed by atoms with Gasteiger partial charge < -0.3 is 15.2 Å². The highest BCUT2D eigenvalue weighted by Crippen LogP contribution is 2.15. The summed E-state index contributed by atoms with van der Waals surface area (Å²) in [4.78, 5) is 11.7. The van der Waals surface area contributed by atoms with Crippen LogP contribution in [0.4, 0.5) is 0 Å². The van der Waals surface area contributed by atoms with Crippen molar-refractivity contribution in [2.24, 2.45) is 0 Å². The van der Waals surface area contributed by atoms with Crippen molar-refractivity contribution in [3.63, 3.8) is 0 Å². The number of carbonyl (C=O) groups excluding carboxylic acids is 1. The molecule has 1 aromatic carbocycles. The smallest absolute Gasteiger partial charge is 0.260 e. The molecule has 1 amide bonds. The standard InChI is InChI=1S/C16H25NO3/c1-11(2)17-16(19)13(4)20-15-9-7-14(8-10-15)6-5-12(3)18/h7-13,18H,5-6H2,1-4H3,(H,17,19). The molecule has 2 unspecified atom stereocenters. The third-order valence-electron chi connectivity index (χ3n) is 2.89. The molecule has 0 saturated heterocycles. The van der Waals surface area contributed by atoms with Crippen LogP contribution in [0.3, 0.4) is 0 Å². The van der Waals surface area contributed by atoms with Gasteiger partial charge in [0, 0.05) is 6.04 Å². The Bertz CT molecular complexity index is 412. The Morgan fingerprint density at radius 2 is 1.80 bits per heavy atom. The van der Waals surface area contributed by atoms with Gasteiger partial charge in [0.1, 0.15) is 5.75 Å². The highest BCUT2D eigenvalue weighted by molar-refractivity contribution is 5.80. The minimum atomic E-state index is -0.513. The summed E-state index contributed by atoms with van der Waals surface area (Å²) < 4.78 is 5.60. The Kier molecular flexibility index (Phi) is 6.52. The molecule has 4 nitrogen and oxygen atoms in total. The average Bonchev–Trinajstić information content (AvgIpc) is 2.37. The van der Waals surface area contributed by atoms with E-state index < -0.39 is 6.10 Å². The molecule has 2 atom stereocenters. The predicted octanol–water partition coefficient (Wildman–Crippen LogP) is 2.29. The molecule has 0 heterocycles. The molecule has 0 radical (unpaired) electrons. The van der Waals surface area contributed by atoms with E-state index >= 15 is 0 Å². The molecule has 0 fully saturated rings. The van der Waals surface area contributed by atoms with Crippen LogP contribution in [-0.2, 0) is 11.2 Å². The van der Waals surface area contributed by atoms with Gasteiger partial charge in [0.2, 0.25) is 0 Å². The van der Waals surface area contributed by atoms with E-state index in [4.69, 9.17) is 4.74 Å². The zero-order chi connectivity index (χ0) is 15.1. The van der Waals surface area contributed by atoms with Gasteiger partial charge in [0.15, 0.2) is 6.10 Å². The number of rotatable bonds is 7. The molecule has 0 bridgehead atoms. The van der Waals surface area contributed by atoms with Crippen molar-refractivity contribution in [2.45, 2.75) is 58.8 Å². The SMILES string of the molecule is CC(O)CCc1ccc(OC(C)C(=O)NC(C)C)cc1. The van der Waals surface area contributed by atoms with Crippen LogP contribution < -0.4 is 10.1 Å². The van der Waals surface area contributed by atoms with Crippen LogP contribution >= 0.6 is 0 Å². The van der Waals surface area contributed by atoms with Crippen LogP contribution in [-0.4, -0.2) is 29.3 Å². The van der Waals surface area contributed by atoms with Gasteiger partial charge in [-0.15, -0.1) is 0 Å². The fraction of sp³-hybridized carbons (Fsp3) is 0.562. The van der Waals surface area contributed by atoms with Gasteiger partial charge in [-0.05, 0) is 58.2 Å². The molecule has 0 spiro atoms. The lowest BCUT2D eigenvalue weighted by atomic mass is 10.1. The second kappa shape index (κ2) is 7.90. The van der Waals surface area contributed by atoms with E-state index in [0.717, 1.165) is 18.4 Å². The molecule has 0 saturated carbocycles. The third kappa shape index (κ3) is 6.06. The van der Waals surface area contributed by atoms with Crippen LogP contribution in [0.15, 0.2) is 24.3 Å². The first-order chi connectivity index (χ1) is 9.38. The second-order valence-electron chi connectivity index (χ2n) is 5.46. The largest absolute Gasteiger partial charge is 0.481 e. The highest BCUT2D eigenvalue weighted by Gasteiger charge is 2.15. The summed E-state index contributed by atoms with van der Waals surface area (Å²) in [6.07, 6.45) is 0.778. The first kappa shape index (κ1) is 16.5. The first-order valence-corrected chi connectivity index (χ1v) is 7.12. The van der Waals surface area contributed by atoms with Crippen LogP contribution in [0, 0.1) is 0 Å². The Morgan fingerprint density at radius 3 is 2.30 bits per heavy atom. The summed E-state index contributed by atoms with van der Waals surface area (Å²) in [5.41, 5.74) is 1.15.